The van der Waals surface area contributed by atoms with Gasteiger partial charge in [-0.3, -0.25) is 0 Å². The Kier molecular flexibility index (Phi) is 4.84. The molecule has 2 aromatic rings. The zero-order valence-electron chi connectivity index (χ0n) is 11.0. The van der Waals surface area contributed by atoms with Gasteiger partial charge in [-0.25, -0.2) is 0 Å². The van der Waals surface area contributed by atoms with Crippen LogP contribution in [0.25, 0.3) is 6.08 Å². The Morgan fingerprint density at radius 2 is 1.74 bits per heavy atom. The minimum atomic E-state index is 0.539. The number of hydrogen-bond acceptors (Lipinski definition) is 1. The van der Waals surface area contributed by atoms with Crippen LogP contribution in [0.5, 0.6) is 5.75 Å². The molecule has 0 aliphatic rings. The molecule has 94 valence electrons. The first-order valence-electron chi connectivity index (χ1n) is 6.26. The molecule has 0 unspecified atom stereocenters. The molecule has 1 heteroatoms. The van der Waals surface area contributed by atoms with Gasteiger partial charge in [0.1, 0.15) is 12.4 Å². The molecule has 0 fully saturated rings. The van der Waals surface area contributed by atoms with Crippen LogP contribution in [0.15, 0.2) is 60.7 Å². The molecule has 19 heavy (non-hydrogen) atoms. The summed E-state index contributed by atoms with van der Waals surface area (Å²) in [5.41, 5.74) is 2.10. The van der Waals surface area contributed by atoms with Crippen molar-refractivity contribution in [1.82, 2.24) is 0 Å². The van der Waals surface area contributed by atoms with Crippen LogP contribution >= 0.6 is 0 Å². The van der Waals surface area contributed by atoms with E-state index in [-0.39, 0.29) is 0 Å². The number of benzene rings is 2. The highest BCUT2D eigenvalue weighted by Gasteiger charge is 1.97. The van der Waals surface area contributed by atoms with Crippen molar-refractivity contribution in [2.45, 2.75) is 6.92 Å². The van der Waals surface area contributed by atoms with Gasteiger partial charge in [-0.2, -0.15) is 0 Å². The number of para-hydroxylation sites is 1. The minimum absolute atomic E-state index is 0.539. The van der Waals surface area contributed by atoms with Gasteiger partial charge >= 0.3 is 0 Å². The van der Waals surface area contributed by atoms with Crippen molar-refractivity contribution >= 4 is 6.08 Å². The predicted octanol–water partition coefficient (Wildman–Crippen LogP) is 4.15. The molecule has 0 bridgehead atoms. The highest BCUT2D eigenvalue weighted by atomic mass is 16.5. The van der Waals surface area contributed by atoms with E-state index in [0.717, 1.165) is 11.3 Å². The van der Waals surface area contributed by atoms with Crippen molar-refractivity contribution < 1.29 is 4.74 Å². The van der Waals surface area contributed by atoms with Crippen LogP contribution < -0.4 is 4.74 Å². The van der Waals surface area contributed by atoms with Crippen LogP contribution in [-0.2, 0) is 0 Å². The molecule has 0 N–H and O–H groups in total. The molecule has 0 saturated carbocycles. The second kappa shape index (κ2) is 7.08. The summed E-state index contributed by atoms with van der Waals surface area (Å²) >= 11 is 0. The van der Waals surface area contributed by atoms with E-state index < -0.39 is 0 Å². The molecule has 2 aromatic carbocycles. The van der Waals surface area contributed by atoms with Gasteiger partial charge in [-0.05, 0) is 30.7 Å². The quantitative estimate of drug-likeness (QED) is 0.738. The summed E-state index contributed by atoms with van der Waals surface area (Å²) in [6, 6.07) is 18.0. The second-order valence-corrected chi connectivity index (χ2v) is 4.00. The van der Waals surface area contributed by atoms with E-state index in [9.17, 15) is 0 Å². The van der Waals surface area contributed by atoms with Crippen molar-refractivity contribution in [1.29, 1.82) is 0 Å². The summed E-state index contributed by atoms with van der Waals surface area (Å²) < 4.78 is 5.72. The number of rotatable bonds is 4. The number of ether oxygens (including phenoxy) is 1. The first kappa shape index (κ1) is 13.0. The van der Waals surface area contributed by atoms with E-state index in [2.05, 4.69) is 24.0 Å². The van der Waals surface area contributed by atoms with Crippen molar-refractivity contribution in [3.05, 3.63) is 71.8 Å². The summed E-state index contributed by atoms with van der Waals surface area (Å²) in [5, 5.41) is 0. The SMILES string of the molecule is CC#Cc1ccccc1OC/C=C/c1ccccc1. The fourth-order valence-corrected chi connectivity index (χ4v) is 1.72. The molecule has 0 atom stereocenters. The third kappa shape index (κ3) is 4.04. The molecule has 0 saturated heterocycles. The van der Waals surface area contributed by atoms with Gasteiger partial charge in [0.2, 0.25) is 0 Å². The van der Waals surface area contributed by atoms with Crippen LogP contribution in [0.2, 0.25) is 0 Å². The van der Waals surface area contributed by atoms with E-state index in [4.69, 9.17) is 4.74 Å². The Labute approximate surface area is 114 Å². The van der Waals surface area contributed by atoms with Crippen LogP contribution in [-0.4, -0.2) is 6.61 Å². The normalized spacial score (nSPS) is 9.95. The van der Waals surface area contributed by atoms with Gasteiger partial charge in [-0.15, -0.1) is 5.92 Å². The fourth-order valence-electron chi connectivity index (χ4n) is 1.72. The Morgan fingerprint density at radius 1 is 1.00 bits per heavy atom. The molecule has 1 nitrogen and oxygen atoms in total. The Balaban J connectivity index is 1.96. The average Bonchev–Trinajstić information content (AvgIpc) is 2.47. The zero-order valence-corrected chi connectivity index (χ0v) is 11.0. The van der Waals surface area contributed by atoms with Gasteiger partial charge in [0.15, 0.2) is 0 Å². The van der Waals surface area contributed by atoms with E-state index in [1.165, 1.54) is 5.56 Å². The largest absolute Gasteiger partial charge is 0.488 e. The van der Waals surface area contributed by atoms with Gasteiger partial charge in [-0.1, -0.05) is 54.5 Å². The fraction of sp³-hybridized carbons (Fsp3) is 0.111. The summed E-state index contributed by atoms with van der Waals surface area (Å²) in [4.78, 5) is 0. The Hall–Kier alpha value is -2.46. The van der Waals surface area contributed by atoms with Crippen LogP contribution in [0.4, 0.5) is 0 Å². The minimum Gasteiger partial charge on any atom is -0.488 e. The Bertz CT molecular complexity index is 600. The first-order valence-corrected chi connectivity index (χ1v) is 6.26. The lowest BCUT2D eigenvalue weighted by molar-refractivity contribution is 0.362. The maximum Gasteiger partial charge on any atom is 0.135 e. The molecular formula is C18H16O. The predicted molar refractivity (Wildman–Crippen MR) is 80.0 cm³/mol. The van der Waals surface area contributed by atoms with Crippen molar-refractivity contribution in [3.63, 3.8) is 0 Å². The van der Waals surface area contributed by atoms with Crippen LogP contribution in [0, 0.1) is 11.8 Å². The lowest BCUT2D eigenvalue weighted by Gasteiger charge is -2.05. The van der Waals surface area contributed by atoms with E-state index >= 15 is 0 Å². The number of hydrogen-bond donors (Lipinski definition) is 0. The summed E-state index contributed by atoms with van der Waals surface area (Å²) in [6.07, 6.45) is 4.06. The smallest absolute Gasteiger partial charge is 0.135 e. The monoisotopic (exact) mass is 248 g/mol. The molecule has 0 aliphatic carbocycles. The maximum absolute atomic E-state index is 5.72. The summed E-state index contributed by atoms with van der Waals surface area (Å²) in [6.45, 7) is 2.36. The molecule has 0 heterocycles. The van der Waals surface area contributed by atoms with Crippen molar-refractivity contribution in [2.24, 2.45) is 0 Å². The van der Waals surface area contributed by atoms with Crippen LogP contribution in [0.1, 0.15) is 18.1 Å². The Morgan fingerprint density at radius 3 is 2.53 bits per heavy atom. The molecule has 0 radical (unpaired) electrons. The van der Waals surface area contributed by atoms with Crippen LogP contribution in [0.3, 0.4) is 0 Å². The average molecular weight is 248 g/mol. The molecule has 0 spiro atoms. The highest BCUT2D eigenvalue weighted by molar-refractivity contribution is 5.49. The van der Waals surface area contributed by atoms with Crippen molar-refractivity contribution in [3.8, 4) is 17.6 Å². The van der Waals surface area contributed by atoms with Gasteiger partial charge < -0.3 is 4.74 Å². The topological polar surface area (TPSA) is 9.23 Å². The highest BCUT2D eigenvalue weighted by Crippen LogP contribution is 2.16. The molecule has 2 rings (SSSR count). The third-order valence-corrected chi connectivity index (χ3v) is 2.59. The summed E-state index contributed by atoms with van der Waals surface area (Å²) in [7, 11) is 0. The van der Waals surface area contributed by atoms with Gasteiger partial charge in [0.05, 0.1) is 5.56 Å². The zero-order chi connectivity index (χ0) is 13.3. The van der Waals surface area contributed by atoms with Crippen molar-refractivity contribution in [2.75, 3.05) is 6.61 Å². The second-order valence-electron chi connectivity index (χ2n) is 4.00. The maximum atomic E-state index is 5.72. The molecule has 0 aromatic heterocycles. The van der Waals surface area contributed by atoms with E-state index in [1.54, 1.807) is 0 Å². The lowest BCUT2D eigenvalue weighted by Crippen LogP contribution is -1.95. The van der Waals surface area contributed by atoms with E-state index in [0.29, 0.717) is 6.61 Å². The van der Waals surface area contributed by atoms with Gasteiger partial charge in [0.25, 0.3) is 0 Å². The first-order chi connectivity index (χ1) is 9.40. The third-order valence-electron chi connectivity index (χ3n) is 2.59. The van der Waals surface area contributed by atoms with Gasteiger partial charge in [0, 0.05) is 0 Å². The molecule has 0 aliphatic heterocycles. The molecular weight excluding hydrogens is 232 g/mol. The lowest BCUT2D eigenvalue weighted by atomic mass is 10.2. The molecule has 0 amide bonds. The van der Waals surface area contributed by atoms with E-state index in [1.807, 2.05) is 61.5 Å². The summed E-state index contributed by atoms with van der Waals surface area (Å²) in [5.74, 6) is 6.76. The standard InChI is InChI=1S/C18H16O/c1-2-9-17-13-6-7-14-18(17)19-15-8-12-16-10-4-3-5-11-16/h3-8,10-14H,15H2,1H3/b12-8+.